The second kappa shape index (κ2) is 7.79. The Balaban J connectivity index is 2.25. The van der Waals surface area contributed by atoms with Crippen molar-refractivity contribution in [2.75, 3.05) is 13.4 Å². The topological polar surface area (TPSA) is 69.4 Å². The minimum absolute atomic E-state index is 0.0553. The van der Waals surface area contributed by atoms with E-state index in [9.17, 15) is 14.9 Å². The molecule has 2 rings (SSSR count). The van der Waals surface area contributed by atoms with Gasteiger partial charge in [0.25, 0.3) is 5.69 Å². The Morgan fingerprint density at radius 2 is 2.00 bits per heavy atom. The van der Waals surface area contributed by atoms with E-state index in [1.165, 1.54) is 12.1 Å². The van der Waals surface area contributed by atoms with Gasteiger partial charge in [0.2, 0.25) is 0 Å². The number of carbonyl (C=O) groups is 1. The Labute approximate surface area is 144 Å². The van der Waals surface area contributed by atoms with Crippen LogP contribution in [0, 0.1) is 17.0 Å². The van der Waals surface area contributed by atoms with Gasteiger partial charge < -0.3 is 4.74 Å². The third-order valence-electron chi connectivity index (χ3n) is 3.53. The number of thioether (sulfide) groups is 1. The lowest BCUT2D eigenvalue weighted by molar-refractivity contribution is -0.385. The van der Waals surface area contributed by atoms with Gasteiger partial charge in [0, 0.05) is 22.1 Å². The van der Waals surface area contributed by atoms with Crippen LogP contribution in [0.4, 0.5) is 5.69 Å². The Kier molecular flexibility index (Phi) is 5.76. The maximum absolute atomic E-state index is 12.2. The molecular formula is C18H17NO4S. The van der Waals surface area contributed by atoms with Crippen LogP contribution in [0.2, 0.25) is 0 Å². The van der Waals surface area contributed by atoms with E-state index in [2.05, 4.69) is 0 Å². The molecule has 0 N–H and O–H groups in total. The van der Waals surface area contributed by atoms with E-state index < -0.39 is 4.92 Å². The van der Waals surface area contributed by atoms with Crippen molar-refractivity contribution < 1.29 is 14.5 Å². The number of nitro benzene ring substituents is 1. The molecule has 0 amide bonds. The highest BCUT2D eigenvalue weighted by molar-refractivity contribution is 7.98. The van der Waals surface area contributed by atoms with Crippen molar-refractivity contribution in [3.63, 3.8) is 0 Å². The number of benzene rings is 2. The number of nitro groups is 1. The molecule has 0 heterocycles. The van der Waals surface area contributed by atoms with Gasteiger partial charge in [-0.25, -0.2) is 0 Å². The highest BCUT2D eigenvalue weighted by atomic mass is 32.2. The van der Waals surface area contributed by atoms with E-state index >= 15 is 0 Å². The number of aryl methyl sites for hydroxylation is 1. The van der Waals surface area contributed by atoms with Crippen molar-refractivity contribution in [2.24, 2.45) is 0 Å². The van der Waals surface area contributed by atoms with Crippen LogP contribution in [0.1, 0.15) is 21.5 Å². The van der Waals surface area contributed by atoms with Crippen molar-refractivity contribution in [3.05, 3.63) is 69.3 Å². The predicted molar refractivity (Wildman–Crippen MR) is 96.0 cm³/mol. The second-order valence-electron chi connectivity index (χ2n) is 5.07. The highest BCUT2D eigenvalue weighted by Crippen LogP contribution is 2.28. The van der Waals surface area contributed by atoms with Crippen molar-refractivity contribution in [2.45, 2.75) is 11.8 Å². The predicted octanol–water partition coefficient (Wildman–Crippen LogP) is 4.53. The van der Waals surface area contributed by atoms with E-state index in [0.717, 1.165) is 16.2 Å². The van der Waals surface area contributed by atoms with Crippen LogP contribution >= 0.6 is 11.8 Å². The Morgan fingerprint density at radius 3 is 2.62 bits per heavy atom. The van der Waals surface area contributed by atoms with E-state index in [-0.39, 0.29) is 17.0 Å². The van der Waals surface area contributed by atoms with Gasteiger partial charge in [0.15, 0.2) is 5.78 Å². The number of ether oxygens (including phenoxy) is 1. The molecular weight excluding hydrogens is 326 g/mol. The molecule has 0 spiro atoms. The lowest BCUT2D eigenvalue weighted by atomic mass is 10.1. The first-order chi connectivity index (χ1) is 11.5. The second-order valence-corrected chi connectivity index (χ2v) is 5.92. The van der Waals surface area contributed by atoms with E-state index in [1.54, 1.807) is 44.0 Å². The molecule has 0 radical (unpaired) electrons. The molecule has 2 aromatic carbocycles. The Hall–Kier alpha value is -2.60. The molecule has 24 heavy (non-hydrogen) atoms. The van der Waals surface area contributed by atoms with Crippen LogP contribution in [0.5, 0.6) is 5.75 Å². The van der Waals surface area contributed by atoms with Gasteiger partial charge in [-0.1, -0.05) is 24.3 Å². The van der Waals surface area contributed by atoms with Crippen LogP contribution < -0.4 is 4.74 Å². The number of rotatable bonds is 6. The number of ketones is 1. The summed E-state index contributed by atoms with van der Waals surface area (Å²) in [6.07, 6.45) is 5.03. The highest BCUT2D eigenvalue weighted by Gasteiger charge is 2.13. The fourth-order valence-corrected chi connectivity index (χ4v) is 2.73. The normalized spacial score (nSPS) is 10.8. The van der Waals surface area contributed by atoms with E-state index in [0.29, 0.717) is 5.56 Å². The summed E-state index contributed by atoms with van der Waals surface area (Å²) in [7, 11) is 1.60. The summed E-state index contributed by atoms with van der Waals surface area (Å²) >= 11 is 1.58. The van der Waals surface area contributed by atoms with Crippen LogP contribution in [-0.2, 0) is 0 Å². The first kappa shape index (κ1) is 17.7. The van der Waals surface area contributed by atoms with Gasteiger partial charge in [-0.15, -0.1) is 11.8 Å². The van der Waals surface area contributed by atoms with Crippen LogP contribution in [0.3, 0.4) is 0 Å². The summed E-state index contributed by atoms with van der Waals surface area (Å²) < 4.78 is 5.31. The minimum atomic E-state index is -0.484. The van der Waals surface area contributed by atoms with Crippen molar-refractivity contribution >= 4 is 29.3 Å². The van der Waals surface area contributed by atoms with Gasteiger partial charge in [-0.3, -0.25) is 14.9 Å². The summed E-state index contributed by atoms with van der Waals surface area (Å²) in [6.45, 7) is 1.64. The van der Waals surface area contributed by atoms with Crippen LogP contribution in [-0.4, -0.2) is 24.1 Å². The number of hydrogen-bond acceptors (Lipinski definition) is 5. The lowest BCUT2D eigenvalue weighted by Gasteiger charge is -2.06. The summed E-state index contributed by atoms with van der Waals surface area (Å²) in [5, 5.41) is 11.0. The lowest BCUT2D eigenvalue weighted by Crippen LogP contribution is -1.98. The number of hydrogen-bond donors (Lipinski definition) is 0. The van der Waals surface area contributed by atoms with Gasteiger partial charge in [0.1, 0.15) is 5.75 Å². The quantitative estimate of drug-likeness (QED) is 0.253. The zero-order chi connectivity index (χ0) is 17.7. The first-order valence-corrected chi connectivity index (χ1v) is 8.38. The number of methoxy groups -OCH3 is 1. The number of carbonyl (C=O) groups excluding carboxylic acids is 1. The molecule has 0 saturated carbocycles. The molecule has 0 atom stereocenters. The first-order valence-electron chi connectivity index (χ1n) is 7.15. The summed E-state index contributed by atoms with van der Waals surface area (Å²) in [5.41, 5.74) is 1.58. The molecule has 2 aromatic rings. The molecule has 124 valence electrons. The molecule has 6 heteroatoms. The largest absolute Gasteiger partial charge is 0.496 e. The van der Waals surface area contributed by atoms with Crippen LogP contribution in [0.25, 0.3) is 6.08 Å². The molecule has 0 aliphatic rings. The number of nitrogens with zero attached hydrogens (tertiary/aromatic N) is 1. The Morgan fingerprint density at radius 1 is 1.25 bits per heavy atom. The van der Waals surface area contributed by atoms with Crippen LogP contribution in [0.15, 0.2) is 47.4 Å². The minimum Gasteiger partial charge on any atom is -0.496 e. The molecule has 0 fully saturated rings. The fraction of sp³-hybridized carbons (Fsp3) is 0.167. The van der Waals surface area contributed by atoms with Gasteiger partial charge in [-0.2, -0.15) is 0 Å². The molecule has 0 aliphatic carbocycles. The number of allylic oxidation sites excluding steroid dienone is 1. The fourth-order valence-electron chi connectivity index (χ4n) is 2.18. The molecule has 0 aliphatic heterocycles. The maximum atomic E-state index is 12.2. The Bertz CT molecular complexity index is 815. The smallest absolute Gasteiger partial charge is 0.273 e. The third-order valence-corrected chi connectivity index (χ3v) is 4.30. The molecule has 0 aromatic heterocycles. The standard InChI is InChI=1S/C18H17NO4S/c1-12-4-7-14(11-15(12)19(21)22)16(20)8-5-13-6-9-18(24-3)17(10-13)23-2/h4-11H,1-3H3. The summed E-state index contributed by atoms with van der Waals surface area (Å²) in [5.74, 6) is 0.453. The SMILES string of the molecule is COc1cc(C=CC(=O)c2ccc(C)c([N+](=O)[O-])c2)ccc1SC. The molecule has 0 unspecified atom stereocenters. The molecule has 0 bridgehead atoms. The maximum Gasteiger partial charge on any atom is 0.273 e. The monoisotopic (exact) mass is 343 g/mol. The zero-order valence-electron chi connectivity index (χ0n) is 13.6. The zero-order valence-corrected chi connectivity index (χ0v) is 14.4. The average Bonchev–Trinajstić information content (AvgIpc) is 2.59. The van der Waals surface area contributed by atoms with E-state index in [4.69, 9.17) is 4.74 Å². The van der Waals surface area contributed by atoms with Gasteiger partial charge in [0.05, 0.1) is 12.0 Å². The average molecular weight is 343 g/mol. The van der Waals surface area contributed by atoms with Gasteiger partial charge in [-0.05, 0) is 37.0 Å². The van der Waals surface area contributed by atoms with E-state index in [1.807, 2.05) is 24.5 Å². The summed E-state index contributed by atoms with van der Waals surface area (Å²) in [6, 6.07) is 10.1. The molecule has 0 saturated heterocycles. The van der Waals surface area contributed by atoms with Crippen molar-refractivity contribution in [1.82, 2.24) is 0 Å². The summed E-state index contributed by atoms with van der Waals surface area (Å²) in [4.78, 5) is 23.7. The van der Waals surface area contributed by atoms with Crippen molar-refractivity contribution in [3.8, 4) is 5.75 Å². The van der Waals surface area contributed by atoms with Crippen molar-refractivity contribution in [1.29, 1.82) is 0 Å². The molecule has 5 nitrogen and oxygen atoms in total. The van der Waals surface area contributed by atoms with Gasteiger partial charge >= 0.3 is 0 Å². The third kappa shape index (κ3) is 4.02.